The van der Waals surface area contributed by atoms with E-state index >= 15 is 0 Å². The van der Waals surface area contributed by atoms with E-state index in [1.807, 2.05) is 0 Å². The van der Waals surface area contributed by atoms with Gasteiger partial charge in [0.1, 0.15) is 48.8 Å². The van der Waals surface area contributed by atoms with E-state index in [4.69, 9.17) is 18.9 Å². The predicted octanol–water partition coefficient (Wildman–Crippen LogP) is 14.4. The quantitative estimate of drug-likeness (QED) is 0.0204. The Kier molecular flexibility index (Phi) is 52.7. The van der Waals surface area contributed by atoms with Crippen molar-refractivity contribution in [3.63, 3.8) is 0 Å². The molecule has 12 unspecified atom stereocenters. The molecule has 9 N–H and O–H groups in total. The molecule has 0 aromatic heterocycles. The minimum absolute atomic E-state index is 0.210. The van der Waals surface area contributed by atoms with Crippen molar-refractivity contribution in [2.45, 2.75) is 351 Å². The van der Waals surface area contributed by atoms with E-state index in [1.165, 1.54) is 148 Å². The molecule has 2 aliphatic rings. The molecule has 14 nitrogen and oxygen atoms in total. The maximum absolute atomic E-state index is 13.4. The molecular weight excluding hydrogens is 1100 g/mol. The minimum Gasteiger partial charge on any atom is -0.394 e. The average molecular weight is 1230 g/mol. The fraction of sp³-hybridized carbons (Fsp3) is 0.795. The summed E-state index contributed by atoms with van der Waals surface area (Å²) in [5.74, 6) is -0.210. The van der Waals surface area contributed by atoms with Crippen LogP contribution in [0.25, 0.3) is 0 Å². The second-order valence-corrected chi connectivity index (χ2v) is 24.6. The van der Waals surface area contributed by atoms with Crippen molar-refractivity contribution in [3.8, 4) is 0 Å². The molecule has 0 aromatic rings. The van der Waals surface area contributed by atoms with E-state index < -0.39 is 86.8 Å². The number of aliphatic hydroxyl groups is 8. The van der Waals surface area contributed by atoms with Gasteiger partial charge in [-0.3, -0.25) is 4.79 Å². The van der Waals surface area contributed by atoms with E-state index in [9.17, 15) is 45.6 Å². The Morgan fingerprint density at radius 1 is 0.425 bits per heavy atom. The SMILES string of the molecule is CC/C=C\C/C=C\C/C=C\C/C=C\C/C=C\C/C=C\C/C=C\CCCCCCCCCCCCCC(=O)NC(COC1OC(CO)C(OC2OC(CO)C(O)C(O)C2O)C(O)C1O)C(O)CCCCCCCCCCCCCCCCCCCCCC. The Hall–Kier alpha value is -2.83. The fourth-order valence-electron chi connectivity index (χ4n) is 11.3. The second kappa shape index (κ2) is 57.1. The Balaban J connectivity index is 1.66. The molecule has 14 heteroatoms. The first-order valence-electron chi connectivity index (χ1n) is 35.3. The van der Waals surface area contributed by atoms with Gasteiger partial charge in [0.05, 0.1) is 32.0 Å². The van der Waals surface area contributed by atoms with Gasteiger partial charge in [0.25, 0.3) is 0 Å². The van der Waals surface area contributed by atoms with Gasteiger partial charge in [-0.2, -0.15) is 0 Å². The van der Waals surface area contributed by atoms with Gasteiger partial charge < -0.3 is 65.1 Å². The lowest BCUT2D eigenvalue weighted by Gasteiger charge is -2.46. The molecule has 0 saturated carbocycles. The van der Waals surface area contributed by atoms with Crippen molar-refractivity contribution in [2.24, 2.45) is 0 Å². The van der Waals surface area contributed by atoms with Gasteiger partial charge in [0.2, 0.25) is 5.91 Å². The number of nitrogens with one attached hydrogen (secondary N) is 1. The molecule has 1 amide bonds. The lowest BCUT2D eigenvalue weighted by Crippen LogP contribution is -2.65. The summed E-state index contributed by atoms with van der Waals surface area (Å²) in [5.41, 5.74) is 0. The Labute approximate surface area is 529 Å². The van der Waals surface area contributed by atoms with Crippen LogP contribution in [0.3, 0.4) is 0 Å². The van der Waals surface area contributed by atoms with Gasteiger partial charge in [0, 0.05) is 6.42 Å². The third-order valence-corrected chi connectivity index (χ3v) is 16.9. The van der Waals surface area contributed by atoms with Crippen molar-refractivity contribution in [3.05, 3.63) is 85.1 Å². The first kappa shape index (κ1) is 80.3. The molecule has 2 fully saturated rings. The largest absolute Gasteiger partial charge is 0.394 e. The van der Waals surface area contributed by atoms with Crippen LogP contribution >= 0.6 is 0 Å². The summed E-state index contributed by atoms with van der Waals surface area (Å²) in [7, 11) is 0. The van der Waals surface area contributed by atoms with E-state index in [0.717, 1.165) is 103 Å². The zero-order chi connectivity index (χ0) is 63.1. The van der Waals surface area contributed by atoms with Crippen LogP contribution in [0.4, 0.5) is 0 Å². The number of hydrogen-bond acceptors (Lipinski definition) is 13. The highest BCUT2D eigenvalue weighted by molar-refractivity contribution is 5.76. The van der Waals surface area contributed by atoms with Gasteiger partial charge in [-0.05, 0) is 70.6 Å². The highest BCUT2D eigenvalue weighted by Gasteiger charge is 2.51. The van der Waals surface area contributed by atoms with E-state index in [2.05, 4.69) is 104 Å². The molecule has 0 aromatic carbocycles. The normalized spacial score (nSPS) is 23.8. The van der Waals surface area contributed by atoms with Gasteiger partial charge in [-0.1, -0.05) is 285 Å². The first-order chi connectivity index (χ1) is 42.6. The number of ether oxygens (including phenoxy) is 4. The lowest BCUT2D eigenvalue weighted by atomic mass is 9.97. The highest BCUT2D eigenvalue weighted by Crippen LogP contribution is 2.30. The fourth-order valence-corrected chi connectivity index (χ4v) is 11.3. The van der Waals surface area contributed by atoms with Crippen LogP contribution in [-0.4, -0.2) is 140 Å². The second-order valence-electron chi connectivity index (χ2n) is 24.6. The zero-order valence-electron chi connectivity index (χ0n) is 54.7. The Bertz CT molecular complexity index is 1780. The monoisotopic (exact) mass is 1230 g/mol. The molecule has 0 spiro atoms. The summed E-state index contributed by atoms with van der Waals surface area (Å²) in [6, 6.07) is -0.836. The van der Waals surface area contributed by atoms with Gasteiger partial charge in [-0.15, -0.1) is 0 Å². The third kappa shape index (κ3) is 41.3. The van der Waals surface area contributed by atoms with Crippen molar-refractivity contribution < 1.29 is 64.6 Å². The number of carbonyl (C=O) groups excluding carboxylic acids is 1. The van der Waals surface area contributed by atoms with Crippen LogP contribution in [0.5, 0.6) is 0 Å². The molecule has 2 aliphatic heterocycles. The highest BCUT2D eigenvalue weighted by atomic mass is 16.7. The van der Waals surface area contributed by atoms with Crippen molar-refractivity contribution in [2.75, 3.05) is 19.8 Å². The summed E-state index contributed by atoms with van der Waals surface area (Å²) in [5, 5.41) is 87.6. The molecule has 0 radical (unpaired) electrons. The van der Waals surface area contributed by atoms with Crippen LogP contribution < -0.4 is 5.32 Å². The summed E-state index contributed by atoms with van der Waals surface area (Å²) >= 11 is 0. The zero-order valence-corrected chi connectivity index (χ0v) is 54.7. The number of unbranched alkanes of at least 4 members (excludes halogenated alkanes) is 30. The number of allylic oxidation sites excluding steroid dienone is 14. The summed E-state index contributed by atoms with van der Waals surface area (Å²) < 4.78 is 22.9. The maximum atomic E-state index is 13.4. The van der Waals surface area contributed by atoms with E-state index in [0.29, 0.717) is 12.8 Å². The minimum atomic E-state index is -1.79. The molecule has 0 aliphatic carbocycles. The molecule has 504 valence electrons. The topological polar surface area (TPSA) is 228 Å². The molecule has 0 bridgehead atoms. The number of hydrogen-bond donors (Lipinski definition) is 9. The smallest absolute Gasteiger partial charge is 0.220 e. The first-order valence-corrected chi connectivity index (χ1v) is 35.3. The predicted molar refractivity (Wildman–Crippen MR) is 355 cm³/mol. The summed E-state index contributed by atoms with van der Waals surface area (Å²) in [4.78, 5) is 13.4. The van der Waals surface area contributed by atoms with Crippen molar-refractivity contribution in [1.29, 1.82) is 0 Å². The van der Waals surface area contributed by atoms with Gasteiger partial charge in [-0.25, -0.2) is 0 Å². The van der Waals surface area contributed by atoms with Gasteiger partial charge >= 0.3 is 0 Å². The molecule has 2 heterocycles. The lowest BCUT2D eigenvalue weighted by molar-refractivity contribution is -0.359. The van der Waals surface area contributed by atoms with Crippen LogP contribution in [-0.2, 0) is 23.7 Å². The van der Waals surface area contributed by atoms with Crippen LogP contribution in [0.15, 0.2) is 85.1 Å². The number of carbonyl (C=O) groups is 1. The Morgan fingerprint density at radius 2 is 0.793 bits per heavy atom. The third-order valence-electron chi connectivity index (χ3n) is 16.9. The molecule has 87 heavy (non-hydrogen) atoms. The molecule has 2 saturated heterocycles. The molecule has 2 rings (SSSR count). The summed E-state index contributed by atoms with van der Waals surface area (Å²) in [6.45, 7) is 2.77. The summed E-state index contributed by atoms with van der Waals surface area (Å²) in [6.07, 6.45) is 61.6. The molecule has 12 atom stereocenters. The van der Waals surface area contributed by atoms with Crippen molar-refractivity contribution >= 4 is 5.91 Å². The Morgan fingerprint density at radius 3 is 1.22 bits per heavy atom. The van der Waals surface area contributed by atoms with Crippen LogP contribution in [0, 0.1) is 0 Å². The number of aliphatic hydroxyl groups excluding tert-OH is 8. The standard InChI is InChI=1S/C73H129NO13/c1-3-5-7-9-11-13-15-17-19-21-23-25-26-27-28-29-30-31-32-33-34-35-36-37-39-41-43-45-47-49-51-53-55-57-65(78)74-61(62(77)56-54-52-50-48-46-44-42-40-38-24-22-20-18-16-14-12-10-8-6-4-2)60-84-72-70(83)68(81)71(64(59-76)86-72)87-73-69(82)67(80)66(79)63(58-75)85-73/h5,7,11,13,17,19,23,25,27-28,30-31,33-34,61-64,66-73,75-77,79-83H,3-4,6,8-10,12,14-16,18,20-22,24,26,29,32,35-60H2,1-2H3,(H,74,78)/b7-5-,13-11-,19-17-,25-23-,28-27-,31-30-,34-33-. The van der Waals surface area contributed by atoms with Crippen LogP contribution in [0.1, 0.15) is 277 Å². The number of rotatable bonds is 57. The van der Waals surface area contributed by atoms with E-state index in [-0.39, 0.29) is 12.5 Å². The number of amides is 1. The maximum Gasteiger partial charge on any atom is 0.220 e. The molecular formula is C73H129NO13. The van der Waals surface area contributed by atoms with E-state index in [1.54, 1.807) is 0 Å². The average Bonchev–Trinajstić information content (AvgIpc) is 2.59. The van der Waals surface area contributed by atoms with Crippen molar-refractivity contribution in [1.82, 2.24) is 5.32 Å². The van der Waals surface area contributed by atoms with Gasteiger partial charge in [0.15, 0.2) is 12.6 Å². The van der Waals surface area contributed by atoms with Crippen LogP contribution in [0.2, 0.25) is 0 Å².